The highest BCUT2D eigenvalue weighted by molar-refractivity contribution is 9.10. The molecule has 0 aliphatic carbocycles. The number of thiocarbonyl (C=S) groups is 1. The first-order chi connectivity index (χ1) is 11.3. The van der Waals surface area contributed by atoms with Crippen LogP contribution in [0.25, 0.3) is 0 Å². The number of carbonyl (C=O) groups excluding carboxylic acids is 1. The average molecular weight is 428 g/mol. The standard InChI is InChI=1S/C16H12BrClN2O3S/c1-20(14-11(15(22)23)3-2-4-12(14)18)16(24)19-13-7-10(17)6-5-9(13)8-21/h2-8H,1H3,(H,19,24)(H,22,23). The number of aldehydes is 1. The Morgan fingerprint density at radius 3 is 2.71 bits per heavy atom. The van der Waals surface area contributed by atoms with Crippen LogP contribution in [0.2, 0.25) is 5.02 Å². The van der Waals surface area contributed by atoms with Gasteiger partial charge >= 0.3 is 5.97 Å². The summed E-state index contributed by atoms with van der Waals surface area (Å²) in [6.07, 6.45) is 0.704. The van der Waals surface area contributed by atoms with Crippen molar-refractivity contribution in [3.63, 3.8) is 0 Å². The fourth-order valence-corrected chi connectivity index (χ4v) is 2.93. The van der Waals surface area contributed by atoms with E-state index < -0.39 is 5.97 Å². The average Bonchev–Trinajstić information content (AvgIpc) is 2.54. The Kier molecular flexibility index (Phi) is 5.93. The second-order valence-corrected chi connectivity index (χ2v) is 6.49. The Bertz CT molecular complexity index is 829. The Labute approximate surface area is 157 Å². The van der Waals surface area contributed by atoms with E-state index in [2.05, 4.69) is 21.2 Å². The zero-order valence-corrected chi connectivity index (χ0v) is 15.6. The Hall–Kier alpha value is -1.96. The van der Waals surface area contributed by atoms with Gasteiger partial charge < -0.3 is 15.3 Å². The molecular formula is C16H12BrClN2O3S. The minimum Gasteiger partial charge on any atom is -0.478 e. The van der Waals surface area contributed by atoms with Crippen molar-refractivity contribution in [2.24, 2.45) is 0 Å². The lowest BCUT2D eigenvalue weighted by atomic mass is 10.1. The largest absolute Gasteiger partial charge is 0.478 e. The van der Waals surface area contributed by atoms with Crippen LogP contribution in [0.5, 0.6) is 0 Å². The maximum Gasteiger partial charge on any atom is 0.337 e. The lowest BCUT2D eigenvalue weighted by Crippen LogP contribution is -2.32. The van der Waals surface area contributed by atoms with Crippen molar-refractivity contribution in [2.45, 2.75) is 0 Å². The van der Waals surface area contributed by atoms with Crippen molar-refractivity contribution in [2.75, 3.05) is 17.3 Å². The minimum atomic E-state index is -1.11. The molecule has 0 bridgehead atoms. The molecule has 0 aromatic heterocycles. The van der Waals surface area contributed by atoms with Crippen molar-refractivity contribution >= 4 is 68.5 Å². The molecule has 8 heteroatoms. The maximum atomic E-state index is 11.4. The highest BCUT2D eigenvalue weighted by Crippen LogP contribution is 2.30. The van der Waals surface area contributed by atoms with E-state index in [9.17, 15) is 14.7 Å². The van der Waals surface area contributed by atoms with Crippen LogP contribution in [0.4, 0.5) is 11.4 Å². The van der Waals surface area contributed by atoms with Gasteiger partial charge in [0.05, 0.1) is 22.0 Å². The van der Waals surface area contributed by atoms with Crippen molar-refractivity contribution < 1.29 is 14.7 Å². The molecule has 2 rings (SSSR count). The summed E-state index contributed by atoms with van der Waals surface area (Å²) in [6, 6.07) is 9.66. The SMILES string of the molecule is CN(C(=S)Nc1cc(Br)ccc1C=O)c1c(Cl)cccc1C(=O)O. The van der Waals surface area contributed by atoms with Crippen LogP contribution in [0.1, 0.15) is 20.7 Å². The molecule has 2 N–H and O–H groups in total. The molecule has 0 heterocycles. The van der Waals surface area contributed by atoms with Gasteiger partial charge in [0.1, 0.15) is 0 Å². The number of hydrogen-bond acceptors (Lipinski definition) is 3. The number of rotatable bonds is 4. The molecule has 0 saturated heterocycles. The summed E-state index contributed by atoms with van der Waals surface area (Å²) < 4.78 is 0.769. The number of carbonyl (C=O) groups is 2. The molecule has 0 atom stereocenters. The van der Waals surface area contributed by atoms with Crippen molar-refractivity contribution in [1.29, 1.82) is 0 Å². The summed E-state index contributed by atoms with van der Waals surface area (Å²) >= 11 is 14.8. The Morgan fingerprint density at radius 1 is 1.38 bits per heavy atom. The zero-order chi connectivity index (χ0) is 17.9. The first kappa shape index (κ1) is 18.4. The van der Waals surface area contributed by atoms with Gasteiger partial charge in [0.25, 0.3) is 0 Å². The van der Waals surface area contributed by atoms with E-state index in [1.807, 2.05) is 0 Å². The van der Waals surface area contributed by atoms with Gasteiger partial charge in [-0.05, 0) is 42.5 Å². The van der Waals surface area contributed by atoms with Crippen LogP contribution in [0.3, 0.4) is 0 Å². The summed E-state index contributed by atoms with van der Waals surface area (Å²) in [5, 5.41) is 12.7. The molecule has 0 radical (unpaired) electrons. The molecule has 0 spiro atoms. The first-order valence-corrected chi connectivity index (χ1v) is 8.24. The van der Waals surface area contributed by atoms with E-state index in [-0.39, 0.29) is 21.4 Å². The topological polar surface area (TPSA) is 69.6 Å². The van der Waals surface area contributed by atoms with Gasteiger partial charge in [0.15, 0.2) is 11.4 Å². The monoisotopic (exact) mass is 426 g/mol. The van der Waals surface area contributed by atoms with Gasteiger partial charge in [-0.1, -0.05) is 33.6 Å². The number of aromatic carboxylic acids is 1. The number of carboxylic acids is 1. The normalized spacial score (nSPS) is 10.1. The van der Waals surface area contributed by atoms with Gasteiger partial charge in [0.2, 0.25) is 0 Å². The van der Waals surface area contributed by atoms with E-state index in [0.717, 1.165) is 4.47 Å². The van der Waals surface area contributed by atoms with E-state index >= 15 is 0 Å². The van der Waals surface area contributed by atoms with Gasteiger partial charge in [-0.25, -0.2) is 4.79 Å². The lowest BCUT2D eigenvalue weighted by Gasteiger charge is -2.24. The molecule has 2 aromatic rings. The van der Waals surface area contributed by atoms with Crippen LogP contribution in [-0.2, 0) is 0 Å². The molecule has 0 amide bonds. The molecular weight excluding hydrogens is 416 g/mol. The number of halogens is 2. The highest BCUT2D eigenvalue weighted by atomic mass is 79.9. The molecule has 2 aromatic carbocycles. The molecule has 24 heavy (non-hydrogen) atoms. The zero-order valence-electron chi connectivity index (χ0n) is 12.4. The number of nitrogens with one attached hydrogen (secondary N) is 1. The Balaban J connectivity index is 2.37. The predicted octanol–water partition coefficient (Wildman–Crippen LogP) is 4.45. The van der Waals surface area contributed by atoms with Crippen LogP contribution in [-0.4, -0.2) is 29.5 Å². The fourth-order valence-electron chi connectivity index (χ4n) is 2.07. The second kappa shape index (κ2) is 7.74. The third kappa shape index (κ3) is 3.92. The fraction of sp³-hybridized carbons (Fsp3) is 0.0625. The van der Waals surface area contributed by atoms with E-state index in [1.165, 1.54) is 11.0 Å². The first-order valence-electron chi connectivity index (χ1n) is 6.66. The number of hydrogen-bond donors (Lipinski definition) is 2. The van der Waals surface area contributed by atoms with E-state index in [4.69, 9.17) is 23.8 Å². The summed E-state index contributed by atoms with van der Waals surface area (Å²) in [7, 11) is 1.60. The molecule has 5 nitrogen and oxygen atoms in total. The van der Waals surface area contributed by atoms with Crippen LogP contribution in [0, 0.1) is 0 Å². The quantitative estimate of drug-likeness (QED) is 0.555. The number of nitrogens with zero attached hydrogens (tertiary/aromatic N) is 1. The van der Waals surface area contributed by atoms with Gasteiger partial charge in [-0.2, -0.15) is 0 Å². The number of anilines is 2. The van der Waals surface area contributed by atoms with Crippen molar-refractivity contribution in [3.05, 3.63) is 57.0 Å². The molecule has 0 aliphatic heterocycles. The minimum absolute atomic E-state index is 0.0269. The van der Waals surface area contributed by atoms with E-state index in [0.29, 0.717) is 17.5 Å². The predicted molar refractivity (Wildman–Crippen MR) is 103 cm³/mol. The van der Waals surface area contributed by atoms with Crippen LogP contribution >= 0.6 is 39.7 Å². The molecule has 0 fully saturated rings. The lowest BCUT2D eigenvalue weighted by molar-refractivity contribution is 0.0697. The van der Waals surface area contributed by atoms with Crippen LogP contribution in [0.15, 0.2) is 40.9 Å². The smallest absolute Gasteiger partial charge is 0.337 e. The number of carboxylic acid groups (broad SMARTS) is 1. The second-order valence-electron chi connectivity index (χ2n) is 4.78. The highest BCUT2D eigenvalue weighted by Gasteiger charge is 2.20. The number of benzene rings is 2. The summed E-state index contributed by atoms with van der Waals surface area (Å²) in [6.45, 7) is 0. The van der Waals surface area contributed by atoms with Gasteiger partial charge in [-0.15, -0.1) is 0 Å². The van der Waals surface area contributed by atoms with Crippen molar-refractivity contribution in [1.82, 2.24) is 0 Å². The van der Waals surface area contributed by atoms with Gasteiger partial charge in [0, 0.05) is 17.1 Å². The maximum absolute atomic E-state index is 11.4. The molecule has 0 saturated carbocycles. The van der Waals surface area contributed by atoms with Crippen molar-refractivity contribution in [3.8, 4) is 0 Å². The summed E-state index contributed by atoms with van der Waals surface area (Å²) in [4.78, 5) is 24.0. The van der Waals surface area contributed by atoms with Crippen LogP contribution < -0.4 is 10.2 Å². The summed E-state index contributed by atoms with van der Waals surface area (Å²) in [5.41, 5.74) is 1.22. The third-order valence-corrected chi connectivity index (χ3v) is 4.42. The molecule has 124 valence electrons. The Morgan fingerprint density at radius 2 is 2.08 bits per heavy atom. The van der Waals surface area contributed by atoms with Gasteiger partial charge in [-0.3, -0.25) is 4.79 Å². The summed E-state index contributed by atoms with van der Waals surface area (Å²) in [5.74, 6) is -1.11. The third-order valence-electron chi connectivity index (χ3n) is 3.24. The molecule has 0 aliphatic rings. The molecule has 0 unspecified atom stereocenters. The van der Waals surface area contributed by atoms with E-state index in [1.54, 1.807) is 37.4 Å². The number of para-hydroxylation sites is 1.